The molecule has 13 heavy (non-hydrogen) atoms. The van der Waals surface area contributed by atoms with Gasteiger partial charge in [0, 0.05) is 23.3 Å². The average molecular weight is 196 g/mol. The zero-order valence-electron chi connectivity index (χ0n) is 8.21. The highest BCUT2D eigenvalue weighted by Crippen LogP contribution is 2.38. The van der Waals surface area contributed by atoms with Crippen LogP contribution in [0.15, 0.2) is 0 Å². The molecule has 1 aromatic heterocycles. The molecule has 1 aliphatic rings. The summed E-state index contributed by atoms with van der Waals surface area (Å²) in [6.45, 7) is 5.18. The Morgan fingerprint density at radius 3 is 3.00 bits per heavy atom. The summed E-state index contributed by atoms with van der Waals surface area (Å²) >= 11 is 1.87. The molecule has 2 nitrogen and oxygen atoms in total. The van der Waals surface area contributed by atoms with Crippen molar-refractivity contribution in [1.29, 1.82) is 0 Å². The minimum atomic E-state index is 0.564. The molecule has 1 heterocycles. The lowest BCUT2D eigenvalue weighted by atomic mass is 10.1. The fraction of sp³-hybridized carbons (Fsp3) is 0.700. The number of thiazole rings is 1. The Labute approximate surface area is 83.2 Å². The molecule has 0 radical (unpaired) electrons. The molecule has 2 N–H and O–H groups in total. The van der Waals surface area contributed by atoms with Gasteiger partial charge in [-0.15, -0.1) is 11.3 Å². The van der Waals surface area contributed by atoms with Gasteiger partial charge in [0.2, 0.25) is 0 Å². The van der Waals surface area contributed by atoms with E-state index in [1.807, 2.05) is 11.3 Å². The van der Waals surface area contributed by atoms with E-state index in [1.54, 1.807) is 0 Å². The molecule has 0 fully saturated rings. The highest BCUT2D eigenvalue weighted by atomic mass is 32.1. The van der Waals surface area contributed by atoms with Gasteiger partial charge >= 0.3 is 0 Å². The first-order valence-corrected chi connectivity index (χ1v) is 5.73. The van der Waals surface area contributed by atoms with Crippen molar-refractivity contribution < 1.29 is 0 Å². The van der Waals surface area contributed by atoms with Crippen molar-refractivity contribution in [3.8, 4) is 0 Å². The van der Waals surface area contributed by atoms with Gasteiger partial charge in [0.15, 0.2) is 0 Å². The normalized spacial score (nSPS) is 21.1. The van der Waals surface area contributed by atoms with E-state index in [2.05, 4.69) is 18.8 Å². The minimum absolute atomic E-state index is 0.564. The largest absolute Gasteiger partial charge is 0.330 e. The molecule has 0 saturated heterocycles. The Bertz CT molecular complexity index is 304. The zero-order valence-corrected chi connectivity index (χ0v) is 9.03. The molecule has 1 aliphatic carbocycles. The first-order valence-electron chi connectivity index (χ1n) is 4.92. The van der Waals surface area contributed by atoms with E-state index >= 15 is 0 Å². The third kappa shape index (κ3) is 1.51. The fourth-order valence-electron chi connectivity index (χ4n) is 1.79. The monoisotopic (exact) mass is 196 g/mol. The van der Waals surface area contributed by atoms with Gasteiger partial charge in [0.05, 0.1) is 10.7 Å². The van der Waals surface area contributed by atoms with Crippen LogP contribution in [0.1, 0.15) is 47.7 Å². The average Bonchev–Trinajstić information content (AvgIpc) is 2.60. The molecule has 1 atom stereocenters. The maximum Gasteiger partial charge on any atom is 0.0956 e. The lowest BCUT2D eigenvalue weighted by Crippen LogP contribution is -2.08. The number of nitrogens with zero attached hydrogens (tertiary/aromatic N) is 1. The molecule has 1 unspecified atom stereocenters. The highest BCUT2D eigenvalue weighted by molar-refractivity contribution is 7.12. The Morgan fingerprint density at radius 2 is 2.38 bits per heavy atom. The first kappa shape index (κ1) is 9.16. The fourth-order valence-corrected chi connectivity index (χ4v) is 3.06. The molecule has 3 heteroatoms. The summed E-state index contributed by atoms with van der Waals surface area (Å²) in [6.07, 6.45) is 2.35. The van der Waals surface area contributed by atoms with Gasteiger partial charge in [-0.05, 0) is 12.8 Å². The van der Waals surface area contributed by atoms with Crippen molar-refractivity contribution in [3.05, 3.63) is 15.6 Å². The molecule has 0 amide bonds. The van der Waals surface area contributed by atoms with Crippen LogP contribution in [-0.2, 0) is 6.42 Å². The number of aromatic nitrogens is 1. The van der Waals surface area contributed by atoms with E-state index in [9.17, 15) is 0 Å². The third-order valence-electron chi connectivity index (χ3n) is 2.62. The summed E-state index contributed by atoms with van der Waals surface area (Å²) in [5.41, 5.74) is 7.04. The maximum atomic E-state index is 5.71. The van der Waals surface area contributed by atoms with E-state index < -0.39 is 0 Å². The predicted octanol–water partition coefficient (Wildman–Crippen LogP) is 2.26. The van der Waals surface area contributed by atoms with Gasteiger partial charge in [-0.1, -0.05) is 13.8 Å². The quantitative estimate of drug-likeness (QED) is 0.788. The second-order valence-electron chi connectivity index (χ2n) is 3.99. The summed E-state index contributed by atoms with van der Waals surface area (Å²) < 4.78 is 0. The van der Waals surface area contributed by atoms with Crippen LogP contribution in [-0.4, -0.2) is 11.5 Å². The van der Waals surface area contributed by atoms with E-state index in [4.69, 9.17) is 5.73 Å². The van der Waals surface area contributed by atoms with Crippen molar-refractivity contribution >= 4 is 11.3 Å². The van der Waals surface area contributed by atoms with Crippen molar-refractivity contribution in [1.82, 2.24) is 4.98 Å². The molecule has 0 aliphatic heterocycles. The van der Waals surface area contributed by atoms with Gasteiger partial charge in [0.1, 0.15) is 0 Å². The Balaban J connectivity index is 2.31. The topological polar surface area (TPSA) is 38.9 Å². The lowest BCUT2D eigenvalue weighted by Gasteiger charge is -2.04. The van der Waals surface area contributed by atoms with E-state index in [0.29, 0.717) is 11.8 Å². The van der Waals surface area contributed by atoms with E-state index in [0.717, 1.165) is 13.0 Å². The lowest BCUT2D eigenvalue weighted by molar-refractivity contribution is 0.692. The SMILES string of the molecule is CC(C)c1nc2c(s1)C(CN)CC2. The van der Waals surface area contributed by atoms with Crippen LogP contribution in [0.2, 0.25) is 0 Å². The molecule has 1 aromatic rings. The summed E-state index contributed by atoms with van der Waals surface area (Å²) in [7, 11) is 0. The van der Waals surface area contributed by atoms with Crippen LogP contribution in [0.5, 0.6) is 0 Å². The summed E-state index contributed by atoms with van der Waals surface area (Å²) in [5, 5.41) is 1.28. The summed E-state index contributed by atoms with van der Waals surface area (Å²) in [5.74, 6) is 1.16. The summed E-state index contributed by atoms with van der Waals surface area (Å²) in [6, 6.07) is 0. The van der Waals surface area contributed by atoms with Gasteiger partial charge in [-0.3, -0.25) is 0 Å². The first-order chi connectivity index (χ1) is 6.22. The van der Waals surface area contributed by atoms with E-state index in [1.165, 1.54) is 22.0 Å². The number of fused-ring (bicyclic) bond motifs is 1. The van der Waals surface area contributed by atoms with Crippen LogP contribution >= 0.6 is 11.3 Å². The summed E-state index contributed by atoms with van der Waals surface area (Å²) in [4.78, 5) is 6.12. The van der Waals surface area contributed by atoms with Crippen molar-refractivity contribution in [2.75, 3.05) is 6.54 Å². The standard InChI is InChI=1S/C10H16N2S/c1-6(2)10-12-8-4-3-7(5-11)9(8)13-10/h6-7H,3-5,11H2,1-2H3. The van der Waals surface area contributed by atoms with Gasteiger partial charge in [-0.2, -0.15) is 0 Å². The van der Waals surface area contributed by atoms with Crippen LogP contribution < -0.4 is 5.73 Å². The smallest absolute Gasteiger partial charge is 0.0956 e. The van der Waals surface area contributed by atoms with Crippen molar-refractivity contribution in [2.45, 2.75) is 38.5 Å². The predicted molar refractivity (Wildman–Crippen MR) is 56.3 cm³/mol. The van der Waals surface area contributed by atoms with E-state index in [-0.39, 0.29) is 0 Å². The Kier molecular flexibility index (Phi) is 2.39. The number of nitrogens with two attached hydrogens (primary N) is 1. The number of hydrogen-bond acceptors (Lipinski definition) is 3. The molecule has 72 valence electrons. The van der Waals surface area contributed by atoms with Crippen molar-refractivity contribution in [3.63, 3.8) is 0 Å². The minimum Gasteiger partial charge on any atom is -0.330 e. The number of aryl methyl sites for hydroxylation is 1. The Hall–Kier alpha value is -0.410. The Morgan fingerprint density at radius 1 is 1.62 bits per heavy atom. The van der Waals surface area contributed by atoms with Gasteiger partial charge in [0.25, 0.3) is 0 Å². The number of hydrogen-bond donors (Lipinski definition) is 1. The molecule has 0 aromatic carbocycles. The van der Waals surface area contributed by atoms with Crippen LogP contribution in [0.3, 0.4) is 0 Å². The second-order valence-corrected chi connectivity index (χ2v) is 5.05. The molecular formula is C10H16N2S. The third-order valence-corrected chi connectivity index (χ3v) is 4.18. The van der Waals surface area contributed by atoms with Crippen LogP contribution in [0, 0.1) is 0 Å². The van der Waals surface area contributed by atoms with Crippen molar-refractivity contribution in [2.24, 2.45) is 5.73 Å². The molecule has 0 saturated carbocycles. The molecule has 0 bridgehead atoms. The highest BCUT2D eigenvalue weighted by Gasteiger charge is 2.26. The molecule has 2 rings (SSSR count). The van der Waals surface area contributed by atoms with Crippen LogP contribution in [0.25, 0.3) is 0 Å². The number of rotatable bonds is 2. The van der Waals surface area contributed by atoms with Gasteiger partial charge in [-0.25, -0.2) is 4.98 Å². The van der Waals surface area contributed by atoms with Gasteiger partial charge < -0.3 is 5.73 Å². The molecule has 0 spiro atoms. The maximum absolute atomic E-state index is 5.71. The molecular weight excluding hydrogens is 180 g/mol. The van der Waals surface area contributed by atoms with Crippen LogP contribution in [0.4, 0.5) is 0 Å². The zero-order chi connectivity index (χ0) is 9.42. The second kappa shape index (κ2) is 3.39.